The molecule has 0 spiro atoms. The SMILES string of the molecule is C[Si](C)(C)O[Si](C)(C)O[Si](C)(C)O[Si](C)(C)c1ccc(C#N)c(C#N)c1. The van der Waals surface area contributed by atoms with Crippen LogP contribution in [0.25, 0.3) is 0 Å². The van der Waals surface area contributed by atoms with E-state index in [1.165, 1.54) is 0 Å². The number of hydrogen-bond donors (Lipinski definition) is 0. The monoisotopic (exact) mass is 422 g/mol. The van der Waals surface area contributed by atoms with Gasteiger partial charge in [-0.3, -0.25) is 0 Å². The molecule has 0 bridgehead atoms. The van der Waals surface area contributed by atoms with Gasteiger partial charge in [0.05, 0.1) is 11.1 Å². The fourth-order valence-corrected chi connectivity index (χ4v) is 21.2. The van der Waals surface area contributed by atoms with E-state index in [0.717, 1.165) is 5.19 Å². The molecule has 0 fully saturated rings. The average molecular weight is 423 g/mol. The van der Waals surface area contributed by atoms with Gasteiger partial charge in [0.25, 0.3) is 0 Å². The van der Waals surface area contributed by atoms with E-state index in [-0.39, 0.29) is 0 Å². The number of hydrogen-bond acceptors (Lipinski definition) is 5. The van der Waals surface area contributed by atoms with Crippen LogP contribution in [-0.4, -0.2) is 33.8 Å². The minimum atomic E-state index is -2.43. The Morgan fingerprint density at radius 1 is 0.692 bits per heavy atom. The van der Waals surface area contributed by atoms with Crippen molar-refractivity contribution in [1.82, 2.24) is 0 Å². The summed E-state index contributed by atoms with van der Waals surface area (Å²) in [5.74, 6) is 0. The first-order valence-corrected chi connectivity index (χ1v) is 20.6. The highest BCUT2D eigenvalue weighted by Crippen LogP contribution is 2.24. The van der Waals surface area contributed by atoms with Crippen LogP contribution in [0.1, 0.15) is 11.1 Å². The lowest BCUT2D eigenvalue weighted by Gasteiger charge is -2.40. The fraction of sp³-hybridized carbons (Fsp3) is 0.529. The zero-order valence-corrected chi connectivity index (χ0v) is 21.4. The summed E-state index contributed by atoms with van der Waals surface area (Å²) >= 11 is 0. The maximum absolute atomic E-state index is 9.28. The van der Waals surface area contributed by atoms with Gasteiger partial charge in [-0.2, -0.15) is 10.5 Å². The Morgan fingerprint density at radius 2 is 1.19 bits per heavy atom. The van der Waals surface area contributed by atoms with Gasteiger partial charge in [0.15, 0.2) is 8.32 Å². The molecule has 0 amide bonds. The van der Waals surface area contributed by atoms with E-state index in [9.17, 15) is 5.26 Å². The maximum atomic E-state index is 9.28. The van der Waals surface area contributed by atoms with Gasteiger partial charge in [0.2, 0.25) is 8.32 Å². The molecule has 0 heterocycles. The second-order valence-corrected chi connectivity index (χ2v) is 24.6. The Hall–Kier alpha value is -1.05. The van der Waals surface area contributed by atoms with Crippen LogP contribution in [0.4, 0.5) is 0 Å². The van der Waals surface area contributed by atoms with Gasteiger partial charge >= 0.3 is 17.1 Å². The Labute approximate surface area is 162 Å². The van der Waals surface area contributed by atoms with Gasteiger partial charge in [-0.05, 0) is 76.2 Å². The van der Waals surface area contributed by atoms with E-state index in [2.05, 4.69) is 71.1 Å². The molecule has 5 nitrogen and oxygen atoms in total. The van der Waals surface area contributed by atoms with Crippen LogP contribution < -0.4 is 5.19 Å². The van der Waals surface area contributed by atoms with Crippen molar-refractivity contribution >= 4 is 38.9 Å². The molecule has 9 heteroatoms. The van der Waals surface area contributed by atoms with Gasteiger partial charge in [-0.25, -0.2) is 0 Å². The first-order chi connectivity index (χ1) is 11.6. The lowest BCUT2D eigenvalue weighted by Crippen LogP contribution is -2.59. The van der Waals surface area contributed by atoms with Crippen LogP contribution in [0.5, 0.6) is 0 Å². The average Bonchev–Trinajstić information content (AvgIpc) is 2.40. The molecule has 1 rings (SSSR count). The van der Waals surface area contributed by atoms with E-state index in [1.807, 2.05) is 6.07 Å². The van der Waals surface area contributed by atoms with E-state index in [4.69, 9.17) is 17.6 Å². The third-order valence-electron chi connectivity index (χ3n) is 3.50. The molecule has 1 aromatic rings. The Kier molecular flexibility index (Phi) is 6.99. The summed E-state index contributed by atoms with van der Waals surface area (Å²) in [5.41, 5.74) is 0.789. The topological polar surface area (TPSA) is 75.3 Å². The van der Waals surface area contributed by atoms with Crippen molar-refractivity contribution in [2.75, 3.05) is 0 Å². The van der Waals surface area contributed by atoms with E-state index >= 15 is 0 Å². The predicted molar refractivity (Wildman–Crippen MR) is 115 cm³/mol. The van der Waals surface area contributed by atoms with Gasteiger partial charge in [-0.1, -0.05) is 6.07 Å². The molecular weight excluding hydrogens is 393 g/mol. The zero-order chi connectivity index (χ0) is 20.4. The van der Waals surface area contributed by atoms with Crippen molar-refractivity contribution in [3.05, 3.63) is 29.3 Å². The lowest BCUT2D eigenvalue weighted by atomic mass is 10.1. The predicted octanol–water partition coefficient (Wildman–Crippen LogP) is 4.13. The van der Waals surface area contributed by atoms with Gasteiger partial charge in [0.1, 0.15) is 12.1 Å². The normalized spacial score (nSPS) is 13.2. The fourth-order valence-electron chi connectivity index (χ4n) is 3.15. The number of nitriles is 2. The van der Waals surface area contributed by atoms with Crippen LogP contribution in [0, 0.1) is 22.7 Å². The molecule has 0 N–H and O–H groups in total. The standard InChI is InChI=1S/C17H30N2O3Si4/c1-23(2,3)20-25(6,7)22-26(8,9)21-24(4,5)17-11-10-15(13-18)16(12-17)14-19/h10-12H,1-9H3. The smallest absolute Gasteiger partial charge is 0.312 e. The Morgan fingerprint density at radius 3 is 1.65 bits per heavy atom. The second kappa shape index (κ2) is 7.90. The molecule has 0 unspecified atom stereocenters. The molecule has 0 aromatic heterocycles. The zero-order valence-electron chi connectivity index (χ0n) is 17.4. The largest absolute Gasteiger partial charge is 0.437 e. The van der Waals surface area contributed by atoms with Gasteiger partial charge in [-0.15, -0.1) is 0 Å². The van der Waals surface area contributed by atoms with E-state index in [1.54, 1.807) is 12.1 Å². The molecule has 0 atom stereocenters. The van der Waals surface area contributed by atoms with Crippen molar-refractivity contribution in [3.8, 4) is 12.1 Å². The number of rotatable bonds is 7. The molecular formula is C17H30N2O3Si4. The van der Waals surface area contributed by atoms with E-state index in [0.29, 0.717) is 11.1 Å². The molecule has 0 saturated heterocycles. The number of nitrogens with zero attached hydrogens (tertiary/aromatic N) is 2. The molecule has 0 saturated carbocycles. The molecule has 0 radical (unpaired) electrons. The van der Waals surface area contributed by atoms with Crippen LogP contribution in [-0.2, 0) is 12.3 Å². The van der Waals surface area contributed by atoms with Crippen LogP contribution in [0.3, 0.4) is 0 Å². The first-order valence-electron chi connectivity index (χ1n) is 8.66. The number of benzene rings is 1. The molecule has 0 aliphatic carbocycles. The summed E-state index contributed by atoms with van der Waals surface area (Å²) in [6.07, 6.45) is 0. The summed E-state index contributed by atoms with van der Waals surface area (Å²) in [5, 5.41) is 19.4. The minimum Gasteiger partial charge on any atom is -0.437 e. The molecule has 142 valence electrons. The maximum Gasteiger partial charge on any atom is 0.312 e. The lowest BCUT2D eigenvalue weighted by molar-refractivity contribution is 0.332. The minimum absolute atomic E-state index is 0.394. The highest BCUT2D eigenvalue weighted by Gasteiger charge is 2.43. The quantitative estimate of drug-likeness (QED) is 0.617. The Balaban J connectivity index is 3.04. The third kappa shape index (κ3) is 6.93. The highest BCUT2D eigenvalue weighted by molar-refractivity contribution is 6.93. The van der Waals surface area contributed by atoms with Crippen molar-refractivity contribution < 1.29 is 12.3 Å². The summed E-state index contributed by atoms with van der Waals surface area (Å²) in [6, 6.07) is 9.55. The van der Waals surface area contributed by atoms with Crippen molar-refractivity contribution in [3.63, 3.8) is 0 Å². The van der Waals surface area contributed by atoms with Crippen molar-refractivity contribution in [2.24, 2.45) is 0 Å². The summed E-state index contributed by atoms with van der Waals surface area (Å²) in [4.78, 5) is 0. The summed E-state index contributed by atoms with van der Waals surface area (Å²) in [6.45, 7) is 19.0. The molecule has 26 heavy (non-hydrogen) atoms. The molecule has 0 aliphatic heterocycles. The van der Waals surface area contributed by atoms with Crippen LogP contribution >= 0.6 is 0 Å². The summed E-state index contributed by atoms with van der Waals surface area (Å²) < 4.78 is 19.3. The summed E-state index contributed by atoms with van der Waals surface area (Å²) in [7, 11) is -8.71. The Bertz CT molecular complexity index is 744. The third-order valence-corrected chi connectivity index (χ3v) is 17.6. The first kappa shape index (κ1) is 23.0. The van der Waals surface area contributed by atoms with Crippen LogP contribution in [0.2, 0.25) is 58.9 Å². The van der Waals surface area contributed by atoms with E-state index < -0.39 is 33.8 Å². The highest BCUT2D eigenvalue weighted by atomic mass is 28.5. The van der Waals surface area contributed by atoms with Crippen molar-refractivity contribution in [2.45, 2.75) is 58.9 Å². The molecule has 0 aliphatic rings. The second-order valence-electron chi connectivity index (χ2n) is 8.71. The van der Waals surface area contributed by atoms with Crippen molar-refractivity contribution in [1.29, 1.82) is 10.5 Å². The van der Waals surface area contributed by atoms with Crippen LogP contribution in [0.15, 0.2) is 18.2 Å². The van der Waals surface area contributed by atoms with Gasteiger partial charge in [0, 0.05) is 0 Å². The molecule has 1 aromatic carbocycles. The van der Waals surface area contributed by atoms with Gasteiger partial charge < -0.3 is 12.3 Å².